The average Bonchev–Trinajstić information content (AvgIpc) is 2.34. The van der Waals surface area contributed by atoms with E-state index in [4.69, 9.17) is 14.6 Å². The molecule has 1 N–H and O–H groups in total. The van der Waals surface area contributed by atoms with Gasteiger partial charge in [-0.1, -0.05) is 0 Å². The summed E-state index contributed by atoms with van der Waals surface area (Å²) in [6.45, 7) is 0. The lowest BCUT2D eigenvalue weighted by molar-refractivity contribution is -0.136. The van der Waals surface area contributed by atoms with Crippen LogP contribution in [0.1, 0.15) is 23.2 Å². The van der Waals surface area contributed by atoms with E-state index < -0.39 is 5.97 Å². The molecule has 0 atom stereocenters. The van der Waals surface area contributed by atoms with Gasteiger partial charge in [-0.2, -0.15) is 0 Å². The van der Waals surface area contributed by atoms with Gasteiger partial charge in [-0.3, -0.25) is 9.59 Å². The Kier molecular flexibility index (Phi) is 5.15. The Bertz CT molecular complexity index is 470. The third kappa shape index (κ3) is 3.46. The van der Waals surface area contributed by atoms with Crippen LogP contribution in [-0.2, 0) is 4.79 Å². The van der Waals surface area contributed by atoms with Crippen LogP contribution in [-0.4, -0.2) is 31.1 Å². The molecule has 0 aliphatic rings. The molecular formula is C12H13BrO5. The summed E-state index contributed by atoms with van der Waals surface area (Å²) in [4.78, 5) is 22.4. The van der Waals surface area contributed by atoms with E-state index in [9.17, 15) is 9.59 Å². The average molecular weight is 317 g/mol. The Balaban J connectivity index is 3.06. The summed E-state index contributed by atoms with van der Waals surface area (Å²) in [5, 5.41) is 8.57. The van der Waals surface area contributed by atoms with Crippen LogP contribution in [0.2, 0.25) is 0 Å². The number of carboxylic acids is 1. The van der Waals surface area contributed by atoms with Crippen molar-refractivity contribution in [3.05, 3.63) is 22.2 Å². The molecule has 0 bridgehead atoms. The molecule has 0 aromatic heterocycles. The second-order valence-electron chi connectivity index (χ2n) is 3.50. The first kappa shape index (κ1) is 14.5. The number of ketones is 1. The summed E-state index contributed by atoms with van der Waals surface area (Å²) in [5.41, 5.74) is 0.333. The van der Waals surface area contributed by atoms with Crippen LogP contribution in [0.4, 0.5) is 0 Å². The Labute approximate surface area is 113 Å². The Morgan fingerprint density at radius 3 is 2.39 bits per heavy atom. The quantitative estimate of drug-likeness (QED) is 0.816. The predicted octanol–water partition coefficient (Wildman–Crippen LogP) is 2.51. The number of rotatable bonds is 6. The minimum Gasteiger partial charge on any atom is -0.497 e. The molecule has 98 valence electrons. The second-order valence-corrected chi connectivity index (χ2v) is 4.36. The van der Waals surface area contributed by atoms with Gasteiger partial charge in [0.05, 0.1) is 26.2 Å². The third-order valence-corrected chi connectivity index (χ3v) is 2.95. The normalized spacial score (nSPS) is 9.94. The van der Waals surface area contributed by atoms with Gasteiger partial charge in [0.25, 0.3) is 0 Å². The van der Waals surface area contributed by atoms with Crippen molar-refractivity contribution in [2.45, 2.75) is 12.8 Å². The van der Waals surface area contributed by atoms with Crippen molar-refractivity contribution in [3.8, 4) is 11.5 Å². The second kappa shape index (κ2) is 6.39. The number of carbonyl (C=O) groups is 2. The van der Waals surface area contributed by atoms with Crippen LogP contribution >= 0.6 is 15.9 Å². The van der Waals surface area contributed by atoms with Gasteiger partial charge in [-0.25, -0.2) is 0 Å². The molecule has 0 radical (unpaired) electrons. The predicted molar refractivity (Wildman–Crippen MR) is 68.4 cm³/mol. The molecular weight excluding hydrogens is 304 g/mol. The Morgan fingerprint density at radius 1 is 1.22 bits per heavy atom. The maximum Gasteiger partial charge on any atom is 0.303 e. The molecule has 0 saturated heterocycles. The zero-order valence-corrected chi connectivity index (χ0v) is 11.6. The summed E-state index contributed by atoms with van der Waals surface area (Å²) in [6.07, 6.45) is -0.281. The zero-order chi connectivity index (χ0) is 13.7. The maximum absolute atomic E-state index is 11.9. The highest BCUT2D eigenvalue weighted by Crippen LogP contribution is 2.33. The molecule has 0 amide bonds. The number of aliphatic carboxylic acids is 1. The molecule has 6 heteroatoms. The molecule has 0 unspecified atom stereocenters. The van der Waals surface area contributed by atoms with Crippen molar-refractivity contribution in [2.24, 2.45) is 0 Å². The number of hydrogen-bond acceptors (Lipinski definition) is 4. The number of methoxy groups -OCH3 is 2. The standard InChI is InChI=1S/C12H13BrO5/c1-17-7-5-8(13)12(10(6-7)18-2)9(14)3-4-11(15)16/h5-6H,3-4H2,1-2H3,(H,15,16). The van der Waals surface area contributed by atoms with E-state index >= 15 is 0 Å². The van der Waals surface area contributed by atoms with Crippen molar-refractivity contribution in [3.63, 3.8) is 0 Å². The van der Waals surface area contributed by atoms with Crippen molar-refractivity contribution < 1.29 is 24.2 Å². The van der Waals surface area contributed by atoms with Gasteiger partial charge in [0.1, 0.15) is 11.5 Å². The number of benzene rings is 1. The van der Waals surface area contributed by atoms with Crippen LogP contribution in [0.5, 0.6) is 11.5 Å². The lowest BCUT2D eigenvalue weighted by Crippen LogP contribution is -2.07. The first-order chi connectivity index (χ1) is 8.49. The van der Waals surface area contributed by atoms with Gasteiger partial charge < -0.3 is 14.6 Å². The van der Waals surface area contributed by atoms with Crippen molar-refractivity contribution in [1.29, 1.82) is 0 Å². The number of ether oxygens (including phenoxy) is 2. The number of hydrogen-bond donors (Lipinski definition) is 1. The minimum absolute atomic E-state index is 0.0728. The van der Waals surface area contributed by atoms with Gasteiger partial charge in [0.15, 0.2) is 5.78 Å². The molecule has 0 aliphatic carbocycles. The van der Waals surface area contributed by atoms with E-state index in [-0.39, 0.29) is 18.6 Å². The van der Waals surface area contributed by atoms with Crippen LogP contribution in [0, 0.1) is 0 Å². The molecule has 1 aromatic rings. The van der Waals surface area contributed by atoms with Crippen LogP contribution in [0.25, 0.3) is 0 Å². The fourth-order valence-electron chi connectivity index (χ4n) is 1.45. The summed E-state index contributed by atoms with van der Waals surface area (Å²) in [6, 6.07) is 3.22. The zero-order valence-electron chi connectivity index (χ0n) is 10.0. The highest BCUT2D eigenvalue weighted by Gasteiger charge is 2.18. The SMILES string of the molecule is COc1cc(Br)c(C(=O)CCC(=O)O)c(OC)c1. The molecule has 1 rings (SSSR count). The van der Waals surface area contributed by atoms with E-state index in [1.54, 1.807) is 12.1 Å². The van der Waals surface area contributed by atoms with Gasteiger partial charge in [-0.15, -0.1) is 0 Å². The molecule has 1 aromatic carbocycles. The molecule has 0 spiro atoms. The smallest absolute Gasteiger partial charge is 0.303 e. The van der Waals surface area contributed by atoms with Crippen LogP contribution in [0.15, 0.2) is 16.6 Å². The van der Waals surface area contributed by atoms with E-state index in [0.29, 0.717) is 21.5 Å². The molecule has 5 nitrogen and oxygen atoms in total. The Morgan fingerprint density at radius 2 is 1.89 bits per heavy atom. The maximum atomic E-state index is 11.9. The van der Waals surface area contributed by atoms with Gasteiger partial charge in [-0.05, 0) is 22.0 Å². The van der Waals surface area contributed by atoms with Crippen molar-refractivity contribution in [2.75, 3.05) is 14.2 Å². The topological polar surface area (TPSA) is 72.8 Å². The van der Waals surface area contributed by atoms with Crippen molar-refractivity contribution in [1.82, 2.24) is 0 Å². The molecule has 18 heavy (non-hydrogen) atoms. The lowest BCUT2D eigenvalue weighted by Gasteiger charge is -2.11. The number of carboxylic acid groups (broad SMARTS) is 1. The van der Waals surface area contributed by atoms with Gasteiger partial charge in [0.2, 0.25) is 0 Å². The highest BCUT2D eigenvalue weighted by atomic mass is 79.9. The molecule has 0 heterocycles. The fourth-order valence-corrected chi connectivity index (χ4v) is 2.09. The summed E-state index contributed by atoms with van der Waals surface area (Å²) in [7, 11) is 2.95. The van der Waals surface area contributed by atoms with Gasteiger partial charge in [0, 0.05) is 17.0 Å². The first-order valence-electron chi connectivity index (χ1n) is 5.16. The summed E-state index contributed by atoms with van der Waals surface area (Å²) < 4.78 is 10.7. The molecule has 0 fully saturated rings. The van der Waals surface area contributed by atoms with E-state index in [1.807, 2.05) is 0 Å². The Hall–Kier alpha value is -1.56. The van der Waals surface area contributed by atoms with Crippen molar-refractivity contribution >= 4 is 27.7 Å². The van der Waals surface area contributed by atoms with Crippen LogP contribution < -0.4 is 9.47 Å². The van der Waals surface area contributed by atoms with Crippen LogP contribution in [0.3, 0.4) is 0 Å². The van der Waals surface area contributed by atoms with E-state index in [2.05, 4.69) is 15.9 Å². The van der Waals surface area contributed by atoms with Gasteiger partial charge >= 0.3 is 5.97 Å². The fraction of sp³-hybridized carbons (Fsp3) is 0.333. The lowest BCUT2D eigenvalue weighted by atomic mass is 10.1. The number of carbonyl (C=O) groups excluding carboxylic acids is 1. The highest BCUT2D eigenvalue weighted by molar-refractivity contribution is 9.10. The molecule has 0 saturated carbocycles. The van der Waals surface area contributed by atoms with E-state index in [0.717, 1.165) is 0 Å². The first-order valence-corrected chi connectivity index (χ1v) is 5.95. The van der Waals surface area contributed by atoms with E-state index in [1.165, 1.54) is 14.2 Å². The summed E-state index contributed by atoms with van der Waals surface area (Å²) >= 11 is 3.26. The number of halogens is 1. The third-order valence-electron chi connectivity index (χ3n) is 2.33. The number of Topliss-reactive ketones (excluding diaryl/α,β-unsaturated/α-hetero) is 1. The molecule has 0 aliphatic heterocycles. The summed E-state index contributed by atoms with van der Waals surface area (Å²) in [5.74, 6) is -0.388. The monoisotopic (exact) mass is 316 g/mol. The minimum atomic E-state index is -1.01. The largest absolute Gasteiger partial charge is 0.497 e.